The van der Waals surface area contributed by atoms with E-state index in [1.165, 1.54) is 0 Å². The van der Waals surface area contributed by atoms with Gasteiger partial charge in [0, 0.05) is 12.6 Å². The highest BCUT2D eigenvalue weighted by atomic mass is 32.2. The average Bonchev–Trinajstić information content (AvgIpc) is 2.14. The summed E-state index contributed by atoms with van der Waals surface area (Å²) in [5.41, 5.74) is 5.82. The summed E-state index contributed by atoms with van der Waals surface area (Å²) in [5.74, 6) is 0.631. The fraction of sp³-hybridized carbons (Fsp3) is 1.00. The Bertz CT molecular complexity index is 282. The van der Waals surface area contributed by atoms with Gasteiger partial charge in [0.15, 0.2) is 0 Å². The number of rotatable bonds is 4. The molecule has 6 heteroatoms. The van der Waals surface area contributed by atoms with E-state index in [-0.39, 0.29) is 11.8 Å². The van der Waals surface area contributed by atoms with Gasteiger partial charge in [0.25, 0.3) is 0 Å². The molecule has 1 aliphatic rings. The maximum absolute atomic E-state index is 10.8. The molecule has 0 aromatic heterocycles. The van der Waals surface area contributed by atoms with Crippen molar-refractivity contribution in [1.29, 1.82) is 0 Å². The fourth-order valence-corrected chi connectivity index (χ4v) is 2.47. The number of primary sulfonamides is 1. The molecule has 4 N–H and O–H groups in total. The van der Waals surface area contributed by atoms with Gasteiger partial charge in [-0.2, -0.15) is 0 Å². The van der Waals surface area contributed by atoms with Crippen LogP contribution in [0.5, 0.6) is 0 Å². The largest absolute Gasteiger partial charge is 0.328 e. The minimum absolute atomic E-state index is 0.0514. The van der Waals surface area contributed by atoms with Crippen molar-refractivity contribution < 1.29 is 8.42 Å². The first-order valence-electron chi connectivity index (χ1n) is 5.37. The van der Waals surface area contributed by atoms with Gasteiger partial charge in [-0.25, -0.2) is 13.6 Å². The van der Waals surface area contributed by atoms with Crippen LogP contribution >= 0.6 is 0 Å². The second kappa shape index (κ2) is 5.25. The molecule has 1 saturated heterocycles. The molecule has 1 heterocycles. The van der Waals surface area contributed by atoms with Crippen LogP contribution in [0.2, 0.25) is 0 Å². The number of nitrogens with zero attached hydrogens (tertiary/aromatic N) is 1. The molecule has 5 nitrogen and oxygen atoms in total. The smallest absolute Gasteiger partial charge is 0.210 e. The Morgan fingerprint density at radius 3 is 2.33 bits per heavy atom. The number of nitrogens with two attached hydrogens (primary N) is 2. The molecule has 1 aliphatic heterocycles. The van der Waals surface area contributed by atoms with Crippen LogP contribution in [0.1, 0.15) is 19.8 Å². The molecule has 0 aromatic carbocycles. The van der Waals surface area contributed by atoms with Gasteiger partial charge < -0.3 is 10.6 Å². The van der Waals surface area contributed by atoms with Crippen LogP contribution in [0.15, 0.2) is 0 Å². The molecule has 0 amide bonds. The SMILES string of the molecule is CC(N)C1CCN(CCS(N)(=O)=O)CC1. The van der Waals surface area contributed by atoms with Crippen molar-refractivity contribution in [1.82, 2.24) is 4.90 Å². The van der Waals surface area contributed by atoms with E-state index in [0.717, 1.165) is 25.9 Å². The molecular formula is C9H21N3O2S. The van der Waals surface area contributed by atoms with E-state index in [2.05, 4.69) is 4.90 Å². The summed E-state index contributed by atoms with van der Waals surface area (Å²) in [7, 11) is -3.32. The summed E-state index contributed by atoms with van der Waals surface area (Å²) in [4.78, 5) is 2.14. The van der Waals surface area contributed by atoms with E-state index in [1.807, 2.05) is 6.92 Å². The Hall–Kier alpha value is -0.170. The normalized spacial score (nSPS) is 22.9. The summed E-state index contributed by atoms with van der Waals surface area (Å²) in [6.07, 6.45) is 2.12. The molecule has 1 atom stereocenters. The van der Waals surface area contributed by atoms with E-state index in [1.54, 1.807) is 0 Å². The second-order valence-corrected chi connectivity index (χ2v) is 6.14. The third-order valence-electron chi connectivity index (χ3n) is 3.07. The lowest BCUT2D eigenvalue weighted by Crippen LogP contribution is -2.41. The van der Waals surface area contributed by atoms with E-state index in [0.29, 0.717) is 12.5 Å². The zero-order chi connectivity index (χ0) is 11.5. The third-order valence-corrected chi connectivity index (χ3v) is 3.82. The maximum atomic E-state index is 10.8. The summed E-state index contributed by atoms with van der Waals surface area (Å²) < 4.78 is 21.6. The average molecular weight is 235 g/mol. The first-order chi connectivity index (χ1) is 6.88. The molecule has 15 heavy (non-hydrogen) atoms. The molecular weight excluding hydrogens is 214 g/mol. The van der Waals surface area contributed by atoms with Crippen molar-refractivity contribution in [2.24, 2.45) is 16.8 Å². The lowest BCUT2D eigenvalue weighted by Gasteiger charge is -2.33. The van der Waals surface area contributed by atoms with Crippen molar-refractivity contribution >= 4 is 10.0 Å². The van der Waals surface area contributed by atoms with Crippen molar-refractivity contribution in [3.63, 3.8) is 0 Å². The summed E-state index contributed by atoms with van der Waals surface area (Å²) in [6.45, 7) is 4.44. The lowest BCUT2D eigenvalue weighted by atomic mass is 9.91. The molecule has 0 spiro atoms. The monoisotopic (exact) mass is 235 g/mol. The predicted molar refractivity (Wildman–Crippen MR) is 60.8 cm³/mol. The topological polar surface area (TPSA) is 89.4 Å². The quantitative estimate of drug-likeness (QED) is 0.676. The minimum atomic E-state index is -3.32. The van der Waals surface area contributed by atoms with Gasteiger partial charge in [0.1, 0.15) is 0 Å². The first kappa shape index (κ1) is 12.9. The van der Waals surface area contributed by atoms with Gasteiger partial charge in [-0.05, 0) is 38.8 Å². The summed E-state index contributed by atoms with van der Waals surface area (Å²) >= 11 is 0. The third kappa shape index (κ3) is 4.92. The number of piperidine rings is 1. The van der Waals surface area contributed by atoms with Gasteiger partial charge in [-0.3, -0.25) is 0 Å². The van der Waals surface area contributed by atoms with E-state index in [9.17, 15) is 8.42 Å². The molecule has 0 saturated carbocycles. The molecule has 1 rings (SSSR count). The zero-order valence-electron chi connectivity index (χ0n) is 9.22. The maximum Gasteiger partial charge on any atom is 0.210 e. The number of hydrogen-bond acceptors (Lipinski definition) is 4. The van der Waals surface area contributed by atoms with Crippen LogP contribution < -0.4 is 10.9 Å². The molecule has 0 radical (unpaired) electrons. The van der Waals surface area contributed by atoms with Gasteiger partial charge in [-0.15, -0.1) is 0 Å². The van der Waals surface area contributed by atoms with Gasteiger partial charge >= 0.3 is 0 Å². The van der Waals surface area contributed by atoms with Crippen LogP contribution in [0, 0.1) is 5.92 Å². The van der Waals surface area contributed by atoms with Crippen LogP contribution in [0.25, 0.3) is 0 Å². The van der Waals surface area contributed by atoms with Crippen LogP contribution in [-0.4, -0.2) is 44.7 Å². The summed E-state index contributed by atoms with van der Waals surface area (Å²) in [5, 5.41) is 4.95. The summed E-state index contributed by atoms with van der Waals surface area (Å²) in [6, 6.07) is 0.241. The Balaban J connectivity index is 2.26. The van der Waals surface area contributed by atoms with Crippen LogP contribution in [-0.2, 0) is 10.0 Å². The molecule has 0 aromatic rings. The van der Waals surface area contributed by atoms with Crippen LogP contribution in [0.4, 0.5) is 0 Å². The highest BCUT2D eigenvalue weighted by molar-refractivity contribution is 7.89. The van der Waals surface area contributed by atoms with Crippen molar-refractivity contribution in [2.75, 3.05) is 25.4 Å². The molecule has 0 aliphatic carbocycles. The highest BCUT2D eigenvalue weighted by Crippen LogP contribution is 2.19. The van der Waals surface area contributed by atoms with E-state index < -0.39 is 10.0 Å². The Morgan fingerprint density at radius 1 is 1.40 bits per heavy atom. The standard InChI is InChI=1S/C9H21N3O2S/c1-8(10)9-2-4-12(5-3-9)6-7-15(11,13)14/h8-9H,2-7,10H2,1H3,(H2,11,13,14). The zero-order valence-corrected chi connectivity index (χ0v) is 10.0. The number of sulfonamides is 1. The minimum Gasteiger partial charge on any atom is -0.328 e. The van der Waals surface area contributed by atoms with Crippen molar-refractivity contribution in [3.8, 4) is 0 Å². The van der Waals surface area contributed by atoms with Gasteiger partial charge in [-0.1, -0.05) is 0 Å². The molecule has 1 unspecified atom stereocenters. The molecule has 1 fully saturated rings. The highest BCUT2D eigenvalue weighted by Gasteiger charge is 2.22. The Labute approximate surface area is 91.9 Å². The van der Waals surface area contributed by atoms with Gasteiger partial charge in [0.05, 0.1) is 5.75 Å². The Kier molecular flexibility index (Phi) is 4.51. The number of likely N-dealkylation sites (tertiary alicyclic amines) is 1. The fourth-order valence-electron chi connectivity index (χ4n) is 1.96. The first-order valence-corrected chi connectivity index (χ1v) is 7.08. The van der Waals surface area contributed by atoms with Crippen molar-refractivity contribution in [3.05, 3.63) is 0 Å². The van der Waals surface area contributed by atoms with Crippen molar-refractivity contribution in [2.45, 2.75) is 25.8 Å². The second-order valence-electron chi connectivity index (χ2n) is 4.41. The molecule has 0 bridgehead atoms. The molecule has 90 valence electrons. The van der Waals surface area contributed by atoms with Crippen LogP contribution in [0.3, 0.4) is 0 Å². The lowest BCUT2D eigenvalue weighted by molar-refractivity contribution is 0.180. The van der Waals surface area contributed by atoms with E-state index >= 15 is 0 Å². The predicted octanol–water partition coefficient (Wildman–Crippen LogP) is -0.666. The van der Waals surface area contributed by atoms with Gasteiger partial charge in [0.2, 0.25) is 10.0 Å². The van der Waals surface area contributed by atoms with E-state index in [4.69, 9.17) is 10.9 Å². The Morgan fingerprint density at radius 2 is 1.93 bits per heavy atom. The number of hydrogen-bond donors (Lipinski definition) is 2.